The van der Waals surface area contributed by atoms with Crippen molar-refractivity contribution in [2.75, 3.05) is 0 Å². The molecule has 0 aliphatic rings. The minimum atomic E-state index is -0.920. The topological polar surface area (TPSA) is 9.23 Å². The van der Waals surface area contributed by atoms with Crippen molar-refractivity contribution in [1.82, 2.24) is 0 Å². The van der Waals surface area contributed by atoms with Gasteiger partial charge in [0.25, 0.3) is 0 Å². The molecule has 0 unspecified atom stereocenters. The Labute approximate surface area is 121 Å². The van der Waals surface area contributed by atoms with Gasteiger partial charge in [0.2, 0.25) is 0 Å². The fraction of sp³-hybridized carbons (Fsp3) is 0.143. The second-order valence-corrected chi connectivity index (χ2v) is 4.57. The molecule has 0 N–H and O–H groups in total. The third-order valence-electron chi connectivity index (χ3n) is 2.63. The molecule has 1 nitrogen and oxygen atoms in total. The molecule has 0 radical (unpaired) electrons. The summed E-state index contributed by atoms with van der Waals surface area (Å²) in [5.74, 6) is -4.16. The second kappa shape index (κ2) is 6.26. The van der Waals surface area contributed by atoms with Crippen molar-refractivity contribution in [2.45, 2.75) is 11.9 Å². The van der Waals surface area contributed by atoms with Crippen LogP contribution in [0, 0.1) is 23.3 Å². The molecular formula is C14H9BrF4O. The van der Waals surface area contributed by atoms with E-state index in [0.717, 1.165) is 24.3 Å². The lowest BCUT2D eigenvalue weighted by atomic mass is 10.2. The van der Waals surface area contributed by atoms with E-state index in [2.05, 4.69) is 15.9 Å². The molecule has 0 heterocycles. The summed E-state index contributed by atoms with van der Waals surface area (Å²) in [6, 6.07) is 5.46. The van der Waals surface area contributed by atoms with E-state index < -0.39 is 35.6 Å². The van der Waals surface area contributed by atoms with E-state index in [1.807, 2.05) is 0 Å². The summed E-state index contributed by atoms with van der Waals surface area (Å²) in [5.41, 5.74) is 0.0142. The van der Waals surface area contributed by atoms with Gasteiger partial charge in [-0.05, 0) is 29.8 Å². The molecule has 0 aromatic heterocycles. The molecule has 106 valence electrons. The smallest absolute Gasteiger partial charge is 0.191 e. The Morgan fingerprint density at radius 2 is 1.45 bits per heavy atom. The highest BCUT2D eigenvalue weighted by Crippen LogP contribution is 2.26. The third-order valence-corrected chi connectivity index (χ3v) is 3.28. The van der Waals surface area contributed by atoms with Gasteiger partial charge in [0.05, 0.1) is 5.56 Å². The van der Waals surface area contributed by atoms with Gasteiger partial charge in [0.15, 0.2) is 17.4 Å². The fourth-order valence-corrected chi connectivity index (χ4v) is 1.97. The van der Waals surface area contributed by atoms with Crippen LogP contribution < -0.4 is 4.74 Å². The first kappa shape index (κ1) is 14.8. The van der Waals surface area contributed by atoms with Crippen LogP contribution in [0.25, 0.3) is 0 Å². The minimum Gasteiger partial charge on any atom is -0.483 e. The van der Waals surface area contributed by atoms with Gasteiger partial charge >= 0.3 is 0 Å². The van der Waals surface area contributed by atoms with Gasteiger partial charge in [-0.15, -0.1) is 0 Å². The van der Waals surface area contributed by atoms with E-state index in [0.29, 0.717) is 5.56 Å². The Balaban J connectivity index is 2.23. The Hall–Kier alpha value is -1.56. The monoisotopic (exact) mass is 348 g/mol. The quantitative estimate of drug-likeness (QED) is 0.574. The van der Waals surface area contributed by atoms with E-state index in [1.54, 1.807) is 0 Å². The fourth-order valence-electron chi connectivity index (χ4n) is 1.64. The summed E-state index contributed by atoms with van der Waals surface area (Å²) < 4.78 is 58.8. The van der Waals surface area contributed by atoms with Crippen molar-refractivity contribution in [1.29, 1.82) is 0 Å². The average molecular weight is 349 g/mol. The molecule has 0 aliphatic heterocycles. The summed E-state index contributed by atoms with van der Waals surface area (Å²) in [4.78, 5) is 0. The molecule has 0 saturated heterocycles. The van der Waals surface area contributed by atoms with Crippen LogP contribution in [0.1, 0.15) is 11.1 Å². The molecule has 2 rings (SSSR count). The normalized spacial score (nSPS) is 10.7. The van der Waals surface area contributed by atoms with Crippen LogP contribution in [0.3, 0.4) is 0 Å². The number of ether oxygens (including phenoxy) is 1. The molecule has 6 heteroatoms. The van der Waals surface area contributed by atoms with Crippen molar-refractivity contribution < 1.29 is 22.3 Å². The highest BCUT2D eigenvalue weighted by atomic mass is 79.9. The van der Waals surface area contributed by atoms with Crippen molar-refractivity contribution >= 4 is 15.9 Å². The first-order chi connectivity index (χ1) is 9.52. The standard InChI is InChI=1S/C14H9BrF4O/c15-6-8-4-12(18)14(13(19)5-8)20-7-9-10(16)2-1-3-11(9)17/h1-5H,6-7H2. The van der Waals surface area contributed by atoms with Crippen LogP contribution in [0.15, 0.2) is 30.3 Å². The van der Waals surface area contributed by atoms with Crippen LogP contribution in [0.4, 0.5) is 17.6 Å². The van der Waals surface area contributed by atoms with Crippen molar-refractivity contribution in [3.8, 4) is 5.75 Å². The average Bonchev–Trinajstić information content (AvgIpc) is 2.40. The SMILES string of the molecule is Fc1cccc(F)c1COc1c(F)cc(CBr)cc1F. The lowest BCUT2D eigenvalue weighted by Gasteiger charge is -2.10. The summed E-state index contributed by atoms with van der Waals surface area (Å²) in [6.45, 7) is -0.597. The predicted molar refractivity (Wildman–Crippen MR) is 69.7 cm³/mol. The van der Waals surface area contributed by atoms with Gasteiger partial charge in [-0.2, -0.15) is 0 Å². The number of halogens is 5. The van der Waals surface area contributed by atoms with E-state index in [9.17, 15) is 17.6 Å². The minimum absolute atomic E-state index is 0.281. The Morgan fingerprint density at radius 1 is 0.900 bits per heavy atom. The van der Waals surface area contributed by atoms with Crippen LogP contribution >= 0.6 is 15.9 Å². The van der Waals surface area contributed by atoms with Crippen LogP contribution in [-0.4, -0.2) is 0 Å². The van der Waals surface area contributed by atoms with E-state index in [-0.39, 0.29) is 10.9 Å². The molecule has 2 aromatic carbocycles. The Bertz CT molecular complexity index is 587. The lowest BCUT2D eigenvalue weighted by Crippen LogP contribution is -2.04. The van der Waals surface area contributed by atoms with Crippen molar-refractivity contribution in [3.63, 3.8) is 0 Å². The van der Waals surface area contributed by atoms with Crippen LogP contribution in [-0.2, 0) is 11.9 Å². The molecule has 0 bridgehead atoms. The number of rotatable bonds is 4. The molecule has 0 saturated carbocycles. The van der Waals surface area contributed by atoms with Crippen molar-refractivity contribution in [2.24, 2.45) is 0 Å². The third kappa shape index (κ3) is 3.12. The molecule has 0 aliphatic carbocycles. The Morgan fingerprint density at radius 3 is 1.95 bits per heavy atom. The van der Waals surface area contributed by atoms with E-state index >= 15 is 0 Å². The van der Waals surface area contributed by atoms with Crippen LogP contribution in [0.5, 0.6) is 5.75 Å². The number of benzene rings is 2. The highest BCUT2D eigenvalue weighted by Gasteiger charge is 2.15. The zero-order valence-corrected chi connectivity index (χ0v) is 11.7. The highest BCUT2D eigenvalue weighted by molar-refractivity contribution is 9.08. The van der Waals surface area contributed by atoms with E-state index in [1.165, 1.54) is 6.07 Å². The molecule has 0 amide bonds. The lowest BCUT2D eigenvalue weighted by molar-refractivity contribution is 0.263. The van der Waals surface area contributed by atoms with Gasteiger partial charge in [-0.1, -0.05) is 22.0 Å². The zero-order chi connectivity index (χ0) is 14.7. The first-order valence-electron chi connectivity index (χ1n) is 5.62. The maximum atomic E-state index is 13.6. The van der Waals surface area contributed by atoms with E-state index in [4.69, 9.17) is 4.74 Å². The van der Waals surface area contributed by atoms with Gasteiger partial charge < -0.3 is 4.74 Å². The summed E-state index contributed by atoms with van der Waals surface area (Å²) in [7, 11) is 0. The number of hydrogen-bond acceptors (Lipinski definition) is 1. The number of hydrogen-bond donors (Lipinski definition) is 0. The van der Waals surface area contributed by atoms with Gasteiger partial charge in [0.1, 0.15) is 18.2 Å². The largest absolute Gasteiger partial charge is 0.483 e. The second-order valence-electron chi connectivity index (χ2n) is 4.01. The van der Waals surface area contributed by atoms with Gasteiger partial charge in [-0.25, -0.2) is 17.6 Å². The number of alkyl halides is 1. The van der Waals surface area contributed by atoms with Crippen LogP contribution in [0.2, 0.25) is 0 Å². The summed E-state index contributed by atoms with van der Waals surface area (Å²) in [5, 5.41) is 0.281. The summed E-state index contributed by atoms with van der Waals surface area (Å²) >= 11 is 3.07. The predicted octanol–water partition coefficient (Wildman–Crippen LogP) is 4.72. The maximum absolute atomic E-state index is 13.6. The zero-order valence-electron chi connectivity index (χ0n) is 10.1. The molecule has 0 fully saturated rings. The molecule has 20 heavy (non-hydrogen) atoms. The van der Waals surface area contributed by atoms with Crippen molar-refractivity contribution in [3.05, 3.63) is 64.7 Å². The van der Waals surface area contributed by atoms with Gasteiger partial charge in [-0.3, -0.25) is 0 Å². The first-order valence-corrected chi connectivity index (χ1v) is 6.74. The maximum Gasteiger partial charge on any atom is 0.191 e. The Kier molecular flexibility index (Phi) is 4.65. The molecule has 0 atom stereocenters. The molecule has 0 spiro atoms. The van der Waals surface area contributed by atoms with Gasteiger partial charge in [0, 0.05) is 5.33 Å². The molecular weight excluding hydrogens is 340 g/mol. The molecule has 2 aromatic rings. The summed E-state index contributed by atoms with van der Waals surface area (Å²) in [6.07, 6.45) is 0.